The van der Waals surface area contributed by atoms with E-state index in [0.29, 0.717) is 6.67 Å². The number of anilines is 4. The Morgan fingerprint density at radius 3 is 1.56 bits per heavy atom. The molecule has 9 aromatic carbocycles. The Bertz CT molecular complexity index is 3960. The van der Waals surface area contributed by atoms with Crippen molar-refractivity contribution in [3.8, 4) is 17.3 Å². The van der Waals surface area contributed by atoms with E-state index in [-0.39, 0.29) is 21.7 Å². The molecule has 1 aliphatic rings. The van der Waals surface area contributed by atoms with Gasteiger partial charge in [0.15, 0.2) is 8.07 Å². The van der Waals surface area contributed by atoms with Crippen LogP contribution in [0.3, 0.4) is 0 Å². The lowest BCUT2D eigenvalue weighted by molar-refractivity contribution is 0.483. The number of benzene rings is 9. The number of para-hydroxylation sites is 1. The van der Waals surface area contributed by atoms with Gasteiger partial charge in [-0.2, -0.15) is 0 Å². The molecular formula is C75H74N4OSi. The molecule has 2 aromatic heterocycles. The third kappa shape index (κ3) is 9.63. The number of hydrogen-bond acceptors (Lipinski definition) is 4. The molecule has 6 heteroatoms. The highest BCUT2D eigenvalue weighted by Crippen LogP contribution is 2.52. The Kier molecular flexibility index (Phi) is 13.3. The van der Waals surface area contributed by atoms with Gasteiger partial charge in [-0.15, -0.1) is 0 Å². The van der Waals surface area contributed by atoms with Gasteiger partial charge in [0, 0.05) is 45.9 Å². The van der Waals surface area contributed by atoms with Crippen LogP contribution >= 0.6 is 0 Å². The number of aromatic nitrogens is 2. The predicted octanol–water partition coefficient (Wildman–Crippen LogP) is 16.8. The molecule has 0 bridgehead atoms. The third-order valence-electron chi connectivity index (χ3n) is 17.0. The van der Waals surface area contributed by atoms with Gasteiger partial charge < -0.3 is 14.5 Å². The van der Waals surface area contributed by atoms with Crippen molar-refractivity contribution in [2.24, 2.45) is 0 Å². The minimum Gasteiger partial charge on any atom is -0.457 e. The molecule has 0 amide bonds. The number of hydrogen-bond donors (Lipinski definition) is 0. The highest BCUT2D eigenvalue weighted by atomic mass is 28.3. The summed E-state index contributed by atoms with van der Waals surface area (Å²) >= 11 is 0. The smallest absolute Gasteiger partial charge is 0.179 e. The second-order valence-corrected chi connectivity index (χ2v) is 29.6. The van der Waals surface area contributed by atoms with Crippen LogP contribution in [-0.2, 0) is 21.7 Å². The maximum atomic E-state index is 7.08. The first kappa shape index (κ1) is 53.2. The second-order valence-electron chi connectivity index (χ2n) is 25.8. The molecule has 0 radical (unpaired) electrons. The molecule has 0 unspecified atom stereocenters. The van der Waals surface area contributed by atoms with Gasteiger partial charge in [-0.25, -0.2) is 4.98 Å². The minimum absolute atomic E-state index is 0.0411. The van der Waals surface area contributed by atoms with Gasteiger partial charge in [-0.1, -0.05) is 234 Å². The lowest BCUT2D eigenvalue weighted by Crippen LogP contribution is -2.74. The Hall–Kier alpha value is -8.45. The van der Waals surface area contributed by atoms with Crippen LogP contribution in [0, 0.1) is 0 Å². The van der Waals surface area contributed by atoms with E-state index in [0.717, 1.165) is 39.4 Å². The van der Waals surface area contributed by atoms with Crippen molar-refractivity contribution in [1.82, 2.24) is 9.55 Å². The normalized spacial score (nSPS) is 13.3. The maximum Gasteiger partial charge on any atom is 0.179 e. The Morgan fingerprint density at radius 1 is 0.395 bits per heavy atom. The van der Waals surface area contributed by atoms with Crippen LogP contribution in [-0.4, -0.2) is 24.3 Å². The van der Waals surface area contributed by atoms with E-state index < -0.39 is 8.07 Å². The predicted molar refractivity (Wildman–Crippen MR) is 345 cm³/mol. The Balaban J connectivity index is 0.995. The van der Waals surface area contributed by atoms with Crippen molar-refractivity contribution in [1.29, 1.82) is 0 Å². The van der Waals surface area contributed by atoms with Gasteiger partial charge in [0.1, 0.15) is 24.0 Å². The molecule has 404 valence electrons. The van der Waals surface area contributed by atoms with Gasteiger partial charge >= 0.3 is 0 Å². The van der Waals surface area contributed by atoms with Crippen molar-refractivity contribution in [3.05, 3.63) is 265 Å². The SMILES string of the molecule is CC(C)(C)c1cc(N2CN(c3cccc(Oc4ccc5c6cc([Si](c7ccccc7)(c7ccccc7)c7ccccc7)ccc6n(-c6cc(C(C)(C)C)ccn6)c5c4)c3)c3cccc(C(C)(C)c4ccccc4)c32)cc(C(C)(C)C)c1. The fourth-order valence-corrected chi connectivity index (χ4v) is 17.1. The summed E-state index contributed by atoms with van der Waals surface area (Å²) in [5.41, 5.74) is 12.8. The van der Waals surface area contributed by atoms with Crippen LogP contribution in [0.1, 0.15) is 104 Å². The number of pyridine rings is 1. The van der Waals surface area contributed by atoms with Crippen molar-refractivity contribution < 1.29 is 4.74 Å². The largest absolute Gasteiger partial charge is 0.457 e. The maximum absolute atomic E-state index is 7.08. The highest BCUT2D eigenvalue weighted by molar-refractivity contribution is 7.20. The van der Waals surface area contributed by atoms with E-state index in [1.165, 1.54) is 71.0 Å². The van der Waals surface area contributed by atoms with Gasteiger partial charge in [0.05, 0.1) is 22.4 Å². The van der Waals surface area contributed by atoms with Gasteiger partial charge in [0.2, 0.25) is 0 Å². The van der Waals surface area contributed by atoms with E-state index in [9.17, 15) is 0 Å². The summed E-state index contributed by atoms with van der Waals surface area (Å²) in [7, 11) is -2.84. The molecule has 0 spiro atoms. The van der Waals surface area contributed by atoms with E-state index in [2.05, 4.69) is 321 Å². The molecule has 81 heavy (non-hydrogen) atoms. The topological polar surface area (TPSA) is 33.5 Å². The van der Waals surface area contributed by atoms with Gasteiger partial charge in [0.25, 0.3) is 0 Å². The molecule has 12 rings (SSSR count). The summed E-state index contributed by atoms with van der Waals surface area (Å²) in [6.07, 6.45) is 1.96. The number of rotatable bonds is 11. The van der Waals surface area contributed by atoms with E-state index >= 15 is 0 Å². The summed E-state index contributed by atoms with van der Waals surface area (Å²) in [4.78, 5) is 10.1. The summed E-state index contributed by atoms with van der Waals surface area (Å²) in [6, 6.07) is 85.4. The van der Waals surface area contributed by atoms with Crippen LogP contribution < -0.4 is 35.3 Å². The van der Waals surface area contributed by atoms with Crippen LogP contribution in [0.15, 0.2) is 237 Å². The lowest BCUT2D eigenvalue weighted by Gasteiger charge is -2.34. The van der Waals surface area contributed by atoms with E-state index in [1.54, 1.807) is 0 Å². The van der Waals surface area contributed by atoms with E-state index in [1.807, 2.05) is 6.20 Å². The average molecular weight is 1080 g/mol. The van der Waals surface area contributed by atoms with Crippen molar-refractivity contribution in [3.63, 3.8) is 0 Å². The van der Waals surface area contributed by atoms with Crippen LogP contribution in [0.5, 0.6) is 11.5 Å². The molecule has 0 atom stereocenters. The summed E-state index contributed by atoms with van der Waals surface area (Å²) in [5.74, 6) is 2.39. The molecular weight excluding hydrogens is 1000 g/mol. The van der Waals surface area contributed by atoms with Gasteiger partial charge in [-0.3, -0.25) is 4.57 Å². The molecule has 0 N–H and O–H groups in total. The first-order valence-electron chi connectivity index (χ1n) is 28.7. The molecule has 3 heterocycles. The average Bonchev–Trinajstić information content (AvgIpc) is 3.89. The lowest BCUT2D eigenvalue weighted by atomic mass is 9.76. The summed E-state index contributed by atoms with van der Waals surface area (Å²) in [5, 5.41) is 7.66. The molecule has 0 aliphatic carbocycles. The zero-order valence-electron chi connectivity index (χ0n) is 48.9. The molecule has 5 nitrogen and oxygen atoms in total. The molecule has 0 fully saturated rings. The standard InChI is InChI=1S/C75H74N4OSi/c1-72(2,3)53-42-43-76-70(47-53)79-67-41-39-63(81(60-30-18-13-19-31-60,61-32-20-14-21-33-61)62-34-22-15-23-35-62)50-65(67)64-40-38-59(49-69(64)79)80-58-29-24-28-56(48-58)77-51-78(57-45-54(73(4,5)6)44-55(46-57)74(7,8)9)71-66(36-25-37-68(71)77)75(10,11)52-26-16-12-17-27-52/h12-50H,51H2,1-11H3. The number of nitrogens with zero attached hydrogens (tertiary/aromatic N) is 4. The van der Waals surface area contributed by atoms with Crippen molar-refractivity contribution in [2.75, 3.05) is 16.5 Å². The fraction of sp³-hybridized carbons (Fsp3) is 0.213. The fourth-order valence-electron chi connectivity index (χ4n) is 12.4. The first-order valence-corrected chi connectivity index (χ1v) is 30.7. The van der Waals surface area contributed by atoms with Crippen LogP contribution in [0.25, 0.3) is 27.6 Å². The number of fused-ring (bicyclic) bond motifs is 4. The van der Waals surface area contributed by atoms with Gasteiger partial charge in [-0.05, 0) is 125 Å². The molecule has 0 saturated heterocycles. The Morgan fingerprint density at radius 2 is 0.963 bits per heavy atom. The monoisotopic (exact) mass is 1070 g/mol. The van der Waals surface area contributed by atoms with Crippen molar-refractivity contribution >= 4 is 73.4 Å². The summed E-state index contributed by atoms with van der Waals surface area (Å²) in [6.45, 7) is 26.1. The molecule has 0 saturated carbocycles. The third-order valence-corrected chi connectivity index (χ3v) is 21.8. The number of ether oxygens (including phenoxy) is 1. The zero-order valence-corrected chi connectivity index (χ0v) is 49.9. The molecule has 1 aliphatic heterocycles. The summed E-state index contributed by atoms with van der Waals surface area (Å²) < 4.78 is 9.42. The minimum atomic E-state index is -2.84. The Labute approximate surface area is 481 Å². The molecule has 11 aromatic rings. The highest BCUT2D eigenvalue weighted by Gasteiger charge is 2.42. The zero-order chi connectivity index (χ0) is 56.5. The van der Waals surface area contributed by atoms with Crippen molar-refractivity contribution in [2.45, 2.75) is 97.8 Å². The van der Waals surface area contributed by atoms with Crippen LogP contribution in [0.4, 0.5) is 22.7 Å². The van der Waals surface area contributed by atoms with E-state index in [4.69, 9.17) is 9.72 Å². The quantitative estimate of drug-likeness (QED) is 0.0955. The second kappa shape index (κ2) is 20.3. The first-order chi connectivity index (χ1) is 38.8. The van der Waals surface area contributed by atoms with Crippen LogP contribution in [0.2, 0.25) is 0 Å².